The van der Waals surface area contributed by atoms with Gasteiger partial charge in [-0.1, -0.05) is 6.08 Å². The van der Waals surface area contributed by atoms with E-state index in [1.54, 1.807) is 0 Å². The fourth-order valence-electron chi connectivity index (χ4n) is 1.30. The summed E-state index contributed by atoms with van der Waals surface area (Å²) in [6.45, 7) is 0. The minimum absolute atomic E-state index is 0.219. The topological polar surface area (TPSA) is 116 Å². The molecule has 0 aliphatic carbocycles. The first kappa shape index (κ1) is 13.5. The number of nitrogens with one attached hydrogen (secondary N) is 2. The van der Waals surface area contributed by atoms with Crippen molar-refractivity contribution in [1.82, 2.24) is 15.0 Å². The first-order chi connectivity index (χ1) is 8.70. The van der Waals surface area contributed by atoms with Crippen molar-refractivity contribution in [2.75, 3.05) is 7.11 Å². The molecule has 7 heteroatoms. The molecular formula is C11H11N3O4. The maximum atomic E-state index is 11.4. The van der Waals surface area contributed by atoms with Crippen LogP contribution in [-0.2, 0) is 4.79 Å². The van der Waals surface area contributed by atoms with Crippen molar-refractivity contribution < 1.29 is 9.90 Å². The molecule has 0 spiro atoms. The SMILES string of the molecule is CO.O=C/C=C/c1cnc2[nH]c(=O)[nH]c(=O)c2c1. The van der Waals surface area contributed by atoms with E-state index in [9.17, 15) is 14.4 Å². The quantitative estimate of drug-likeness (QED) is 0.487. The second-order valence-electron chi connectivity index (χ2n) is 3.07. The van der Waals surface area contributed by atoms with Gasteiger partial charge in [-0.15, -0.1) is 0 Å². The number of aromatic amines is 2. The lowest BCUT2D eigenvalue weighted by molar-refractivity contribution is -0.104. The molecule has 18 heavy (non-hydrogen) atoms. The molecule has 2 rings (SSSR count). The lowest BCUT2D eigenvalue weighted by atomic mass is 10.2. The third-order valence-electron chi connectivity index (χ3n) is 1.98. The molecule has 0 aliphatic heterocycles. The van der Waals surface area contributed by atoms with Crippen molar-refractivity contribution in [2.45, 2.75) is 0 Å². The fourth-order valence-corrected chi connectivity index (χ4v) is 1.30. The summed E-state index contributed by atoms with van der Waals surface area (Å²) in [7, 11) is 1.00. The summed E-state index contributed by atoms with van der Waals surface area (Å²) < 4.78 is 0. The summed E-state index contributed by atoms with van der Waals surface area (Å²) in [6, 6.07) is 1.54. The number of nitrogens with zero attached hydrogens (tertiary/aromatic N) is 1. The van der Waals surface area contributed by atoms with E-state index in [4.69, 9.17) is 5.11 Å². The van der Waals surface area contributed by atoms with Gasteiger partial charge in [0.15, 0.2) is 0 Å². The number of pyridine rings is 1. The molecule has 2 heterocycles. The maximum absolute atomic E-state index is 11.4. The van der Waals surface area contributed by atoms with E-state index < -0.39 is 11.2 Å². The van der Waals surface area contributed by atoms with Crippen molar-refractivity contribution in [2.24, 2.45) is 0 Å². The lowest BCUT2D eigenvalue weighted by Gasteiger charge is -1.96. The number of allylic oxidation sites excluding steroid dienone is 1. The second kappa shape index (κ2) is 6.26. The lowest BCUT2D eigenvalue weighted by Crippen LogP contribution is -2.22. The minimum Gasteiger partial charge on any atom is -0.400 e. The van der Waals surface area contributed by atoms with Crippen LogP contribution in [0, 0.1) is 0 Å². The van der Waals surface area contributed by atoms with E-state index in [0.29, 0.717) is 11.8 Å². The van der Waals surface area contributed by atoms with Crippen LogP contribution in [0.3, 0.4) is 0 Å². The van der Waals surface area contributed by atoms with E-state index >= 15 is 0 Å². The average Bonchev–Trinajstić information content (AvgIpc) is 2.39. The van der Waals surface area contributed by atoms with Crippen molar-refractivity contribution >= 4 is 23.4 Å². The molecule has 0 aliphatic rings. The highest BCUT2D eigenvalue weighted by molar-refractivity contribution is 5.79. The van der Waals surface area contributed by atoms with E-state index in [-0.39, 0.29) is 11.0 Å². The van der Waals surface area contributed by atoms with Crippen LogP contribution in [0.1, 0.15) is 5.56 Å². The number of rotatable bonds is 2. The monoisotopic (exact) mass is 249 g/mol. The average molecular weight is 249 g/mol. The van der Waals surface area contributed by atoms with Crippen LogP contribution in [0.15, 0.2) is 27.9 Å². The Hall–Kier alpha value is -2.54. The Labute approximate surface area is 101 Å². The smallest absolute Gasteiger partial charge is 0.327 e. The summed E-state index contributed by atoms with van der Waals surface area (Å²) in [4.78, 5) is 40.9. The molecule has 3 N–H and O–H groups in total. The largest absolute Gasteiger partial charge is 0.400 e. The number of carbonyl (C=O) groups excluding carboxylic acids is 1. The van der Waals surface area contributed by atoms with E-state index in [1.807, 2.05) is 0 Å². The molecule has 0 saturated heterocycles. The molecular weight excluding hydrogens is 238 g/mol. The normalized spacial score (nSPS) is 10.1. The Morgan fingerprint density at radius 3 is 2.67 bits per heavy atom. The molecule has 0 atom stereocenters. The second-order valence-corrected chi connectivity index (χ2v) is 3.07. The summed E-state index contributed by atoms with van der Waals surface area (Å²) in [5.74, 6) is 0. The van der Waals surface area contributed by atoms with Gasteiger partial charge in [0.2, 0.25) is 0 Å². The zero-order chi connectivity index (χ0) is 13.5. The number of aliphatic hydroxyl groups excluding tert-OH is 1. The van der Waals surface area contributed by atoms with Gasteiger partial charge in [0, 0.05) is 13.3 Å². The third kappa shape index (κ3) is 2.98. The molecule has 0 bridgehead atoms. The Bertz CT molecular complexity index is 684. The van der Waals surface area contributed by atoms with Crippen LogP contribution in [0.5, 0.6) is 0 Å². The van der Waals surface area contributed by atoms with Crippen LogP contribution >= 0.6 is 0 Å². The number of aromatic nitrogens is 3. The zero-order valence-corrected chi connectivity index (χ0v) is 9.51. The van der Waals surface area contributed by atoms with Gasteiger partial charge in [-0.25, -0.2) is 9.78 Å². The van der Waals surface area contributed by atoms with Crippen molar-refractivity contribution in [3.05, 3.63) is 44.7 Å². The van der Waals surface area contributed by atoms with Gasteiger partial charge < -0.3 is 5.11 Å². The molecule has 0 amide bonds. The van der Waals surface area contributed by atoms with Gasteiger partial charge in [0.1, 0.15) is 11.9 Å². The minimum atomic E-state index is -0.596. The van der Waals surface area contributed by atoms with Crippen LogP contribution in [0.25, 0.3) is 17.1 Å². The van der Waals surface area contributed by atoms with Crippen LogP contribution in [-0.4, -0.2) is 33.5 Å². The van der Waals surface area contributed by atoms with E-state index in [2.05, 4.69) is 15.0 Å². The van der Waals surface area contributed by atoms with Gasteiger partial charge >= 0.3 is 5.69 Å². The van der Waals surface area contributed by atoms with Crippen molar-refractivity contribution in [3.8, 4) is 0 Å². The molecule has 2 aromatic heterocycles. The number of H-pyrrole nitrogens is 2. The predicted octanol–water partition coefficient (Wildman–Crippen LogP) is -0.568. The van der Waals surface area contributed by atoms with Crippen LogP contribution in [0.4, 0.5) is 0 Å². The summed E-state index contributed by atoms with van der Waals surface area (Å²) >= 11 is 0. The van der Waals surface area contributed by atoms with Crippen LogP contribution < -0.4 is 11.2 Å². The molecule has 0 aromatic carbocycles. The number of carbonyl (C=O) groups is 1. The maximum Gasteiger partial charge on any atom is 0.327 e. The van der Waals surface area contributed by atoms with Gasteiger partial charge in [0.25, 0.3) is 5.56 Å². The molecule has 2 aromatic rings. The zero-order valence-electron chi connectivity index (χ0n) is 9.51. The summed E-state index contributed by atoms with van der Waals surface area (Å²) in [6.07, 6.45) is 4.89. The Morgan fingerprint density at radius 1 is 1.28 bits per heavy atom. The Kier molecular flexibility index (Phi) is 4.70. The van der Waals surface area contributed by atoms with Gasteiger partial charge in [-0.3, -0.25) is 19.6 Å². The van der Waals surface area contributed by atoms with Crippen molar-refractivity contribution in [3.63, 3.8) is 0 Å². The van der Waals surface area contributed by atoms with Gasteiger partial charge in [-0.05, 0) is 17.7 Å². The standard InChI is InChI=1S/C10H7N3O3.CH4O/c14-3-1-2-6-4-7-8(11-5-6)12-10(16)13-9(7)15;1-2/h1-5H,(H2,11,12,13,15,16);2H,1H3/b2-1+;. The number of hydrogen-bond acceptors (Lipinski definition) is 5. The molecule has 7 nitrogen and oxygen atoms in total. The Balaban J connectivity index is 0.000000771. The highest BCUT2D eigenvalue weighted by Crippen LogP contribution is 2.06. The van der Waals surface area contributed by atoms with Gasteiger partial charge in [0.05, 0.1) is 5.39 Å². The summed E-state index contributed by atoms with van der Waals surface area (Å²) in [5.41, 5.74) is -0.275. The molecule has 94 valence electrons. The number of aliphatic hydroxyl groups is 1. The van der Waals surface area contributed by atoms with Gasteiger partial charge in [-0.2, -0.15) is 0 Å². The van der Waals surface area contributed by atoms with Crippen LogP contribution in [0.2, 0.25) is 0 Å². The predicted molar refractivity (Wildman–Crippen MR) is 66.2 cm³/mol. The summed E-state index contributed by atoms with van der Waals surface area (Å²) in [5, 5.41) is 7.27. The number of fused-ring (bicyclic) bond motifs is 1. The molecule has 0 radical (unpaired) electrons. The first-order valence-electron chi connectivity index (χ1n) is 4.89. The fraction of sp³-hybridized carbons (Fsp3) is 0.0909. The Morgan fingerprint density at radius 2 is 2.00 bits per heavy atom. The number of hydrogen-bond donors (Lipinski definition) is 3. The van der Waals surface area contributed by atoms with E-state index in [1.165, 1.54) is 24.4 Å². The molecule has 0 saturated carbocycles. The number of aldehydes is 1. The molecule has 0 unspecified atom stereocenters. The third-order valence-corrected chi connectivity index (χ3v) is 1.98. The highest BCUT2D eigenvalue weighted by Gasteiger charge is 2.01. The van der Waals surface area contributed by atoms with E-state index in [0.717, 1.165) is 7.11 Å². The van der Waals surface area contributed by atoms with Crippen molar-refractivity contribution in [1.29, 1.82) is 0 Å². The first-order valence-corrected chi connectivity index (χ1v) is 4.89. The molecule has 0 fully saturated rings. The highest BCUT2D eigenvalue weighted by atomic mass is 16.2.